The molecule has 3 aromatic carbocycles. The highest BCUT2D eigenvalue weighted by atomic mass is 35.5. The average Bonchev–Trinajstić information content (AvgIpc) is 3.48. The number of imidazole rings is 1. The van der Waals surface area contributed by atoms with Crippen molar-refractivity contribution in [2.75, 3.05) is 32.8 Å². The molecule has 2 aliphatic heterocycles. The van der Waals surface area contributed by atoms with Gasteiger partial charge in [0.05, 0.1) is 24.5 Å². The number of nitrogens with zero attached hydrogens (tertiary/aromatic N) is 4. The molecule has 0 bridgehead atoms. The number of amides is 1. The van der Waals surface area contributed by atoms with E-state index in [1.54, 1.807) is 6.33 Å². The van der Waals surface area contributed by atoms with Gasteiger partial charge < -0.3 is 14.2 Å². The molecule has 0 aliphatic carbocycles. The number of carbonyl (C=O) groups excluding carboxylic acids is 2. The predicted molar refractivity (Wildman–Crippen MR) is 176 cm³/mol. The van der Waals surface area contributed by atoms with E-state index >= 15 is 0 Å². The van der Waals surface area contributed by atoms with Crippen molar-refractivity contribution in [3.05, 3.63) is 124 Å². The fraction of sp³-hybridized carbons (Fsp3) is 0.378. The van der Waals surface area contributed by atoms with Crippen molar-refractivity contribution in [1.82, 2.24) is 19.4 Å². The molecule has 0 radical (unpaired) electrons. The van der Waals surface area contributed by atoms with Crippen molar-refractivity contribution >= 4 is 23.5 Å². The van der Waals surface area contributed by atoms with Crippen molar-refractivity contribution < 1.29 is 14.3 Å². The van der Waals surface area contributed by atoms with Gasteiger partial charge in [0.15, 0.2) is 0 Å². The number of hydrogen-bond donors (Lipinski definition) is 0. The first-order valence-corrected chi connectivity index (χ1v) is 16.4. The fourth-order valence-electron chi connectivity index (χ4n) is 7.02. The van der Waals surface area contributed by atoms with Gasteiger partial charge in [-0.1, -0.05) is 84.4 Å². The molecule has 2 aliphatic rings. The molecule has 1 aromatic heterocycles. The molecule has 0 N–H and O–H groups in total. The maximum absolute atomic E-state index is 14.3. The van der Waals surface area contributed by atoms with Crippen LogP contribution in [0.4, 0.5) is 0 Å². The van der Waals surface area contributed by atoms with Crippen molar-refractivity contribution in [3.8, 4) is 0 Å². The first kappa shape index (κ1) is 31.1. The Hall–Kier alpha value is -3.94. The van der Waals surface area contributed by atoms with Gasteiger partial charge >= 0.3 is 5.97 Å². The Morgan fingerprint density at radius 1 is 0.889 bits per heavy atom. The lowest BCUT2D eigenvalue weighted by Gasteiger charge is -2.43. The highest BCUT2D eigenvalue weighted by Gasteiger charge is 2.38. The van der Waals surface area contributed by atoms with Gasteiger partial charge in [0.25, 0.3) is 5.91 Å². The summed E-state index contributed by atoms with van der Waals surface area (Å²) in [5, 5.41) is 0.673. The Balaban J connectivity index is 1.25. The molecule has 0 spiro atoms. The molecule has 1 unspecified atom stereocenters. The molecule has 4 aromatic rings. The summed E-state index contributed by atoms with van der Waals surface area (Å²) in [6.45, 7) is 5.99. The van der Waals surface area contributed by atoms with Gasteiger partial charge in [-0.25, -0.2) is 4.98 Å². The number of likely N-dealkylation sites (tertiary alicyclic amines) is 2. The molecule has 1 amide bonds. The molecular weight excluding hydrogens is 584 g/mol. The first-order valence-electron chi connectivity index (χ1n) is 16.0. The smallest absolute Gasteiger partial charge is 0.310 e. The number of carbonyl (C=O) groups is 2. The largest absolute Gasteiger partial charge is 0.466 e. The van der Waals surface area contributed by atoms with Gasteiger partial charge in [-0.05, 0) is 74.5 Å². The second-order valence-corrected chi connectivity index (χ2v) is 12.7. The molecule has 2 fully saturated rings. The number of piperidine rings is 2. The van der Waals surface area contributed by atoms with E-state index in [1.807, 2.05) is 40.7 Å². The van der Waals surface area contributed by atoms with Crippen LogP contribution in [0.1, 0.15) is 65.5 Å². The molecule has 1 atom stereocenters. The Morgan fingerprint density at radius 2 is 1.53 bits per heavy atom. The number of hydrogen-bond acceptors (Lipinski definition) is 5. The molecule has 0 saturated carbocycles. The van der Waals surface area contributed by atoms with E-state index in [0.29, 0.717) is 43.5 Å². The van der Waals surface area contributed by atoms with Crippen LogP contribution in [0.2, 0.25) is 5.02 Å². The van der Waals surface area contributed by atoms with Crippen LogP contribution in [0.5, 0.6) is 0 Å². The van der Waals surface area contributed by atoms with Crippen LogP contribution in [0.15, 0.2) is 91.3 Å². The van der Waals surface area contributed by atoms with Gasteiger partial charge in [-0.2, -0.15) is 0 Å². The number of halogens is 1. The number of esters is 1. The summed E-state index contributed by atoms with van der Waals surface area (Å²) in [5.41, 5.74) is 5.05. The quantitative estimate of drug-likeness (QED) is 0.197. The normalized spacial score (nSPS) is 18.4. The summed E-state index contributed by atoms with van der Waals surface area (Å²) >= 11 is 6.15. The average molecular weight is 625 g/mol. The minimum absolute atomic E-state index is 0.0540. The van der Waals surface area contributed by atoms with E-state index in [-0.39, 0.29) is 23.2 Å². The van der Waals surface area contributed by atoms with Crippen LogP contribution in [-0.4, -0.2) is 64.0 Å². The summed E-state index contributed by atoms with van der Waals surface area (Å²) in [6.07, 6.45) is 5.24. The lowest BCUT2D eigenvalue weighted by molar-refractivity contribution is -0.149. The van der Waals surface area contributed by atoms with Crippen molar-refractivity contribution in [2.45, 2.75) is 51.1 Å². The van der Waals surface area contributed by atoms with Crippen molar-refractivity contribution in [2.24, 2.45) is 5.92 Å². The summed E-state index contributed by atoms with van der Waals surface area (Å²) in [5.74, 6) is -0.603. The third-order valence-electron chi connectivity index (χ3n) is 9.45. The topological polar surface area (TPSA) is 67.7 Å². The van der Waals surface area contributed by atoms with E-state index in [4.69, 9.17) is 21.3 Å². The Labute approximate surface area is 270 Å². The molecule has 8 heteroatoms. The second-order valence-electron chi connectivity index (χ2n) is 12.2. The summed E-state index contributed by atoms with van der Waals surface area (Å²) in [4.78, 5) is 35.9. The van der Waals surface area contributed by atoms with Crippen molar-refractivity contribution in [1.29, 1.82) is 0 Å². The summed E-state index contributed by atoms with van der Waals surface area (Å²) in [6, 6.07) is 29.4. The van der Waals surface area contributed by atoms with Crippen LogP contribution in [0.3, 0.4) is 0 Å². The van der Waals surface area contributed by atoms with E-state index in [9.17, 15) is 9.59 Å². The van der Waals surface area contributed by atoms with Gasteiger partial charge in [-0.3, -0.25) is 14.5 Å². The van der Waals surface area contributed by atoms with E-state index in [1.165, 1.54) is 11.1 Å². The monoisotopic (exact) mass is 624 g/mol. The Kier molecular flexibility index (Phi) is 9.67. The lowest BCUT2D eigenvalue weighted by atomic mass is 9.68. The minimum atomic E-state index is -0.301. The van der Waals surface area contributed by atoms with Crippen LogP contribution in [0.25, 0.3) is 0 Å². The molecule has 2 saturated heterocycles. The Morgan fingerprint density at radius 3 is 2.16 bits per heavy atom. The van der Waals surface area contributed by atoms with Crippen molar-refractivity contribution in [3.63, 3.8) is 0 Å². The highest BCUT2D eigenvalue weighted by molar-refractivity contribution is 6.30. The van der Waals surface area contributed by atoms with E-state index in [0.717, 1.165) is 50.0 Å². The second kappa shape index (κ2) is 14.0. The lowest BCUT2D eigenvalue weighted by Crippen LogP contribution is -2.45. The van der Waals surface area contributed by atoms with Gasteiger partial charge in [-0.15, -0.1) is 0 Å². The number of aromatic nitrogens is 2. The van der Waals surface area contributed by atoms with Crippen LogP contribution in [0, 0.1) is 5.92 Å². The van der Waals surface area contributed by atoms with Crippen LogP contribution >= 0.6 is 11.6 Å². The minimum Gasteiger partial charge on any atom is -0.466 e. The zero-order valence-corrected chi connectivity index (χ0v) is 26.7. The molecule has 3 heterocycles. The number of rotatable bonds is 9. The van der Waals surface area contributed by atoms with Gasteiger partial charge in [0.1, 0.15) is 5.69 Å². The maximum Gasteiger partial charge on any atom is 0.310 e. The standard InChI is InChI=1S/C37H41ClN4O3/c1-2-45-36(44)29-10-9-21-41(25-29)35(43)34-33(39-27-42(34)24-28-15-17-32(38)18-16-28)26-40-22-19-37(20-23-40,30-11-5-3-6-12-30)31-13-7-4-8-14-31/h3-8,11-18,27,29H,2,9-10,19-26H2,1H3. The number of benzene rings is 3. The van der Waals surface area contributed by atoms with Gasteiger partial charge in [0.2, 0.25) is 0 Å². The first-order chi connectivity index (χ1) is 22.0. The molecule has 234 valence electrons. The third-order valence-corrected chi connectivity index (χ3v) is 9.70. The molecule has 45 heavy (non-hydrogen) atoms. The summed E-state index contributed by atoms with van der Waals surface area (Å²) < 4.78 is 7.26. The third kappa shape index (κ3) is 6.85. The SMILES string of the molecule is CCOC(=O)C1CCCN(C(=O)c2c(CN3CCC(c4ccccc4)(c4ccccc4)CC3)ncn2Cc2ccc(Cl)cc2)C1. The Bertz CT molecular complexity index is 1540. The zero-order valence-electron chi connectivity index (χ0n) is 25.9. The van der Waals surface area contributed by atoms with Crippen LogP contribution < -0.4 is 0 Å². The zero-order chi connectivity index (χ0) is 31.2. The molecular formula is C37H41ClN4O3. The summed E-state index contributed by atoms with van der Waals surface area (Å²) in [7, 11) is 0. The van der Waals surface area contributed by atoms with E-state index < -0.39 is 0 Å². The maximum atomic E-state index is 14.3. The predicted octanol–water partition coefficient (Wildman–Crippen LogP) is 6.58. The molecule has 6 rings (SSSR count). The fourth-order valence-corrected chi connectivity index (χ4v) is 7.15. The molecule has 7 nitrogen and oxygen atoms in total. The number of ether oxygens (including phenoxy) is 1. The van der Waals surface area contributed by atoms with Gasteiger partial charge in [0, 0.05) is 36.6 Å². The highest BCUT2D eigenvalue weighted by Crippen LogP contribution is 2.42. The van der Waals surface area contributed by atoms with E-state index in [2.05, 4.69) is 65.6 Å². The van der Waals surface area contributed by atoms with Crippen LogP contribution in [-0.2, 0) is 28.0 Å².